The Labute approximate surface area is 178 Å². The molecule has 4 rings (SSSR count). The van der Waals surface area contributed by atoms with Crippen molar-refractivity contribution in [2.45, 2.75) is 5.22 Å². The Morgan fingerprint density at radius 2 is 1.83 bits per heavy atom. The van der Waals surface area contributed by atoms with Crippen molar-refractivity contribution in [3.8, 4) is 11.3 Å². The van der Waals surface area contributed by atoms with Gasteiger partial charge in [0.15, 0.2) is 5.58 Å². The number of hydrogen-bond donors (Lipinski definition) is 2. The summed E-state index contributed by atoms with van der Waals surface area (Å²) in [5, 5.41) is 19.1. The van der Waals surface area contributed by atoms with Crippen LogP contribution < -0.4 is 0 Å². The van der Waals surface area contributed by atoms with Crippen LogP contribution in [0.3, 0.4) is 0 Å². The zero-order valence-electron chi connectivity index (χ0n) is 15.0. The van der Waals surface area contributed by atoms with Crippen molar-refractivity contribution in [3.05, 3.63) is 75.8 Å². The highest BCUT2D eigenvalue weighted by Crippen LogP contribution is 2.32. The van der Waals surface area contributed by atoms with Crippen LogP contribution in [-0.2, 0) is 4.79 Å². The van der Waals surface area contributed by atoms with Crippen LogP contribution in [0.4, 0.5) is 0 Å². The lowest BCUT2D eigenvalue weighted by Crippen LogP contribution is -1.97. The molecule has 0 aliphatic rings. The highest BCUT2D eigenvalue weighted by atomic mass is 35.5. The van der Waals surface area contributed by atoms with Crippen molar-refractivity contribution in [3.63, 3.8) is 0 Å². The first-order chi connectivity index (χ1) is 14.4. The van der Waals surface area contributed by atoms with Gasteiger partial charge in [-0.05, 0) is 54.2 Å². The van der Waals surface area contributed by atoms with Crippen molar-refractivity contribution in [1.82, 2.24) is 4.98 Å². The minimum absolute atomic E-state index is 0.0511. The number of aromatic nitrogens is 1. The molecule has 7 nitrogen and oxygen atoms in total. The second-order valence-corrected chi connectivity index (χ2v) is 7.47. The maximum atomic E-state index is 11.7. The zero-order chi connectivity index (χ0) is 21.3. The molecule has 0 radical (unpaired) electrons. The Hall–Kier alpha value is -3.49. The number of aliphatic carboxylic acids is 1. The number of benzene rings is 2. The van der Waals surface area contributed by atoms with Gasteiger partial charge in [0.2, 0.25) is 0 Å². The fourth-order valence-corrected chi connectivity index (χ4v) is 3.61. The molecule has 30 heavy (non-hydrogen) atoms. The summed E-state index contributed by atoms with van der Waals surface area (Å²) in [5.41, 5.74) is 1.63. The van der Waals surface area contributed by atoms with E-state index in [4.69, 9.17) is 20.4 Å². The van der Waals surface area contributed by atoms with E-state index in [9.17, 15) is 19.8 Å². The van der Waals surface area contributed by atoms with Crippen LogP contribution in [0.15, 0.2) is 73.6 Å². The summed E-state index contributed by atoms with van der Waals surface area (Å²) in [6.07, 6.45) is 1.35. The predicted molar refractivity (Wildman–Crippen MR) is 112 cm³/mol. The van der Waals surface area contributed by atoms with Gasteiger partial charge in [0, 0.05) is 11.6 Å². The van der Waals surface area contributed by atoms with Gasteiger partial charge in [0.25, 0.3) is 5.22 Å². The molecule has 150 valence electrons. The summed E-state index contributed by atoms with van der Waals surface area (Å²) in [5.74, 6) is -1.67. The van der Waals surface area contributed by atoms with Crippen LogP contribution in [0.5, 0.6) is 0 Å². The van der Waals surface area contributed by atoms with E-state index in [1.165, 1.54) is 18.2 Å². The van der Waals surface area contributed by atoms with Crippen LogP contribution in [0.1, 0.15) is 16.1 Å². The van der Waals surface area contributed by atoms with Gasteiger partial charge in [0.05, 0.1) is 10.6 Å². The first-order valence-corrected chi connectivity index (χ1v) is 9.71. The number of carboxylic acids is 2. The molecular weight excluding hydrogens is 430 g/mol. The lowest BCUT2D eigenvalue weighted by molar-refractivity contribution is -0.131. The SMILES string of the molecule is O=C(O)/C(=C/c1ccc(-c2ccc(Cl)c(C(=O)O)c2)o1)Sc1nc2ccccc2o1. The molecule has 2 aromatic carbocycles. The fraction of sp³-hybridized carbons (Fsp3) is 0. The summed E-state index contributed by atoms with van der Waals surface area (Å²) < 4.78 is 11.2. The molecule has 0 fully saturated rings. The van der Waals surface area contributed by atoms with E-state index >= 15 is 0 Å². The van der Waals surface area contributed by atoms with Crippen molar-refractivity contribution in [1.29, 1.82) is 0 Å². The van der Waals surface area contributed by atoms with Gasteiger partial charge in [-0.25, -0.2) is 14.6 Å². The van der Waals surface area contributed by atoms with Crippen molar-refractivity contribution in [2.24, 2.45) is 0 Å². The molecule has 0 aliphatic heterocycles. The number of para-hydroxylation sites is 2. The Bertz CT molecular complexity index is 1270. The molecule has 0 saturated carbocycles. The van der Waals surface area contributed by atoms with E-state index in [1.54, 1.807) is 36.4 Å². The maximum Gasteiger partial charge on any atom is 0.342 e. The average Bonchev–Trinajstić information content (AvgIpc) is 3.34. The number of nitrogens with zero attached hydrogens (tertiary/aromatic N) is 1. The quantitative estimate of drug-likeness (QED) is 0.291. The molecule has 0 spiro atoms. The normalized spacial score (nSPS) is 11.7. The number of oxazole rings is 1. The lowest BCUT2D eigenvalue weighted by atomic mass is 10.1. The Kier molecular flexibility index (Phi) is 5.35. The van der Waals surface area contributed by atoms with Crippen LogP contribution in [0, 0.1) is 0 Å². The first-order valence-electron chi connectivity index (χ1n) is 8.52. The minimum Gasteiger partial charge on any atom is -0.478 e. The third kappa shape index (κ3) is 4.10. The largest absolute Gasteiger partial charge is 0.478 e. The molecule has 0 amide bonds. The summed E-state index contributed by atoms with van der Waals surface area (Å²) in [6.45, 7) is 0. The van der Waals surface area contributed by atoms with Crippen molar-refractivity contribution < 1.29 is 28.6 Å². The van der Waals surface area contributed by atoms with E-state index in [0.29, 0.717) is 22.4 Å². The smallest absolute Gasteiger partial charge is 0.342 e. The molecule has 2 heterocycles. The second-order valence-electron chi connectivity index (χ2n) is 6.07. The van der Waals surface area contributed by atoms with E-state index in [0.717, 1.165) is 11.8 Å². The van der Waals surface area contributed by atoms with Crippen LogP contribution >= 0.6 is 23.4 Å². The van der Waals surface area contributed by atoms with Crippen molar-refractivity contribution in [2.75, 3.05) is 0 Å². The second kappa shape index (κ2) is 8.10. The monoisotopic (exact) mass is 441 g/mol. The lowest BCUT2D eigenvalue weighted by Gasteiger charge is -2.02. The molecule has 0 unspecified atom stereocenters. The Balaban J connectivity index is 1.63. The zero-order valence-corrected chi connectivity index (χ0v) is 16.6. The number of fused-ring (bicyclic) bond motifs is 1. The van der Waals surface area contributed by atoms with E-state index in [-0.39, 0.29) is 26.5 Å². The Morgan fingerprint density at radius 1 is 1.03 bits per heavy atom. The molecule has 2 N–H and O–H groups in total. The number of hydrogen-bond acceptors (Lipinski definition) is 6. The van der Waals surface area contributed by atoms with E-state index < -0.39 is 11.9 Å². The van der Waals surface area contributed by atoms with Gasteiger partial charge in [-0.15, -0.1) is 0 Å². The predicted octanol–water partition coefficient (Wildman–Crippen LogP) is 5.66. The number of halogens is 1. The fourth-order valence-electron chi connectivity index (χ4n) is 2.68. The maximum absolute atomic E-state index is 11.7. The number of aromatic carboxylic acids is 1. The number of furan rings is 1. The van der Waals surface area contributed by atoms with E-state index in [2.05, 4.69) is 4.98 Å². The van der Waals surface area contributed by atoms with Crippen LogP contribution in [0.2, 0.25) is 5.02 Å². The molecule has 4 aromatic rings. The molecule has 0 bridgehead atoms. The third-order valence-electron chi connectivity index (χ3n) is 4.06. The Morgan fingerprint density at radius 3 is 2.57 bits per heavy atom. The molecule has 0 atom stereocenters. The van der Waals surface area contributed by atoms with Gasteiger partial charge in [-0.2, -0.15) is 0 Å². The summed E-state index contributed by atoms with van der Waals surface area (Å²) in [7, 11) is 0. The molecule has 0 saturated heterocycles. The number of rotatable bonds is 6. The topological polar surface area (TPSA) is 114 Å². The summed E-state index contributed by atoms with van der Waals surface area (Å²) in [6, 6.07) is 14.8. The number of carboxylic acid groups (broad SMARTS) is 2. The molecule has 9 heteroatoms. The molecule has 0 aliphatic carbocycles. The standard InChI is InChI=1S/C21H12ClNO6S/c22-14-7-5-11(9-13(14)19(24)25)16-8-6-12(28-16)10-18(20(26)27)30-21-23-15-3-1-2-4-17(15)29-21/h1-10H,(H,24,25)(H,26,27)/b18-10-. The van der Waals surface area contributed by atoms with Gasteiger partial charge >= 0.3 is 11.9 Å². The van der Waals surface area contributed by atoms with Crippen LogP contribution in [-0.4, -0.2) is 27.1 Å². The van der Waals surface area contributed by atoms with Crippen molar-refractivity contribution >= 4 is 52.5 Å². The molecular formula is C21H12ClNO6S. The van der Waals surface area contributed by atoms with Gasteiger partial charge in [-0.3, -0.25) is 0 Å². The number of thioether (sulfide) groups is 1. The highest BCUT2D eigenvalue weighted by Gasteiger charge is 2.17. The van der Waals surface area contributed by atoms with Crippen LogP contribution in [0.25, 0.3) is 28.5 Å². The first kappa shape index (κ1) is 19.8. The summed E-state index contributed by atoms with van der Waals surface area (Å²) in [4.78, 5) is 27.1. The third-order valence-corrected chi connectivity index (χ3v) is 5.25. The van der Waals surface area contributed by atoms with E-state index in [1.807, 2.05) is 6.07 Å². The highest BCUT2D eigenvalue weighted by molar-refractivity contribution is 8.03. The summed E-state index contributed by atoms with van der Waals surface area (Å²) >= 11 is 6.75. The molecule has 2 aromatic heterocycles. The minimum atomic E-state index is -1.17. The van der Waals surface area contributed by atoms with Gasteiger partial charge in [0.1, 0.15) is 21.9 Å². The average molecular weight is 442 g/mol. The van der Waals surface area contributed by atoms with Gasteiger partial charge in [-0.1, -0.05) is 23.7 Å². The van der Waals surface area contributed by atoms with Gasteiger partial charge < -0.3 is 19.0 Å². The number of carbonyl (C=O) groups is 2.